The van der Waals surface area contributed by atoms with Crippen molar-refractivity contribution in [1.82, 2.24) is 0 Å². The Morgan fingerprint density at radius 2 is 2.07 bits per heavy atom. The van der Waals surface area contributed by atoms with Gasteiger partial charge in [-0.25, -0.2) is 0 Å². The number of hydrogen-bond donors (Lipinski definition) is 0. The molecule has 0 aromatic carbocycles. The Kier molecular flexibility index (Phi) is 6.64. The van der Waals surface area contributed by atoms with Crippen LogP contribution in [0.3, 0.4) is 0 Å². The lowest BCUT2D eigenvalue weighted by Gasteiger charge is -2.44. The first-order chi connectivity index (χ1) is 12.5. The van der Waals surface area contributed by atoms with Gasteiger partial charge >= 0.3 is 5.97 Å². The molecule has 0 radical (unpaired) electrons. The van der Waals surface area contributed by atoms with Gasteiger partial charge in [0, 0.05) is 6.92 Å². The number of carbonyl (C=O) groups excluding carboxylic acids is 1. The van der Waals surface area contributed by atoms with Crippen molar-refractivity contribution in [2.24, 2.45) is 11.3 Å². The van der Waals surface area contributed by atoms with Gasteiger partial charge in [-0.1, -0.05) is 40.2 Å². The van der Waals surface area contributed by atoms with Crippen LogP contribution in [0.2, 0.25) is 18.1 Å². The van der Waals surface area contributed by atoms with Crippen molar-refractivity contribution in [2.45, 2.75) is 103 Å². The fraction of sp³-hybridized carbons (Fsp3) is 0.818. The summed E-state index contributed by atoms with van der Waals surface area (Å²) in [7, 11) is -1.92. The summed E-state index contributed by atoms with van der Waals surface area (Å²) >= 11 is 0. The van der Waals surface area contributed by atoms with Gasteiger partial charge in [-0.15, -0.1) is 0 Å². The molecule has 2 aliphatic rings. The Hall–Kier alpha value is -1.12. The largest absolute Gasteiger partial charge is 0.458 e. The standard InChI is InChI=1S/C22H37NO3Si/c1-8-9-19(25-16(2)24)17-12-13-22(15-23)18(14-17)10-11-20(22)26-27(6,7)21(3,4)5/h14,18-20H,8-13H2,1-7H3/t18-,19?,20-,22-/m1/s1. The van der Waals surface area contributed by atoms with Crippen LogP contribution in [0.15, 0.2) is 11.6 Å². The molecular weight excluding hydrogens is 354 g/mol. The second kappa shape index (κ2) is 8.09. The Bertz CT molecular complexity index is 628. The van der Waals surface area contributed by atoms with Gasteiger partial charge in [0.05, 0.1) is 17.6 Å². The summed E-state index contributed by atoms with van der Waals surface area (Å²) in [5.41, 5.74) is 0.780. The van der Waals surface area contributed by atoms with Gasteiger partial charge in [0.15, 0.2) is 8.32 Å². The molecule has 0 heterocycles. The molecule has 152 valence electrons. The number of allylic oxidation sites excluding steroid dienone is 1. The molecule has 0 aromatic heterocycles. The molecule has 4 nitrogen and oxygen atoms in total. The molecule has 0 N–H and O–H groups in total. The van der Waals surface area contributed by atoms with Gasteiger partial charge in [-0.3, -0.25) is 4.79 Å². The lowest BCUT2D eigenvalue weighted by atomic mass is 9.68. The van der Waals surface area contributed by atoms with Crippen molar-refractivity contribution >= 4 is 14.3 Å². The van der Waals surface area contributed by atoms with Gasteiger partial charge < -0.3 is 9.16 Å². The second-order valence-electron chi connectivity index (χ2n) is 9.83. The molecule has 0 spiro atoms. The average molecular weight is 392 g/mol. The number of rotatable bonds is 6. The minimum atomic E-state index is -1.92. The second-order valence-corrected chi connectivity index (χ2v) is 14.6. The Morgan fingerprint density at radius 3 is 2.59 bits per heavy atom. The van der Waals surface area contributed by atoms with E-state index in [9.17, 15) is 10.1 Å². The molecule has 0 aromatic rings. The molecular formula is C22H37NO3Si. The maximum atomic E-state index is 11.5. The Labute approximate surface area is 166 Å². The highest BCUT2D eigenvalue weighted by molar-refractivity contribution is 6.74. The Morgan fingerprint density at radius 1 is 1.41 bits per heavy atom. The van der Waals surface area contributed by atoms with E-state index in [0.717, 1.165) is 38.5 Å². The van der Waals surface area contributed by atoms with Crippen LogP contribution in [-0.2, 0) is 14.0 Å². The maximum Gasteiger partial charge on any atom is 0.303 e. The Balaban J connectivity index is 2.25. The minimum Gasteiger partial charge on any atom is -0.458 e. The lowest BCUT2D eigenvalue weighted by Crippen LogP contribution is -2.49. The summed E-state index contributed by atoms with van der Waals surface area (Å²) in [5.74, 6) is -0.0204. The predicted molar refractivity (Wildman–Crippen MR) is 111 cm³/mol. The topological polar surface area (TPSA) is 59.3 Å². The normalized spacial score (nSPS) is 29.5. The van der Waals surface area contributed by atoms with Crippen LogP contribution >= 0.6 is 0 Å². The summed E-state index contributed by atoms with van der Waals surface area (Å²) in [6.45, 7) is 14.9. The van der Waals surface area contributed by atoms with E-state index in [1.807, 2.05) is 0 Å². The molecule has 0 aliphatic heterocycles. The number of fused-ring (bicyclic) bond motifs is 1. The first kappa shape index (κ1) is 22.2. The lowest BCUT2D eigenvalue weighted by molar-refractivity contribution is -0.145. The van der Waals surface area contributed by atoms with Crippen molar-refractivity contribution in [3.8, 4) is 6.07 Å². The molecule has 0 saturated heterocycles. The van der Waals surface area contributed by atoms with Crippen molar-refractivity contribution in [3.05, 3.63) is 11.6 Å². The minimum absolute atomic E-state index is 0.0181. The average Bonchev–Trinajstić information content (AvgIpc) is 2.90. The number of esters is 1. The van der Waals surface area contributed by atoms with Gasteiger partial charge in [0.2, 0.25) is 0 Å². The molecule has 1 unspecified atom stereocenters. The van der Waals surface area contributed by atoms with E-state index in [1.165, 1.54) is 12.5 Å². The van der Waals surface area contributed by atoms with Crippen molar-refractivity contribution < 1.29 is 14.0 Å². The summed E-state index contributed by atoms with van der Waals surface area (Å²) in [6.07, 6.45) is 7.51. The van der Waals surface area contributed by atoms with Crippen LogP contribution in [0.1, 0.15) is 73.1 Å². The predicted octanol–water partition coefficient (Wildman–Crippen LogP) is 5.75. The fourth-order valence-electron chi connectivity index (χ4n) is 4.31. The summed E-state index contributed by atoms with van der Waals surface area (Å²) in [6, 6.07) is 2.68. The fourth-order valence-corrected chi connectivity index (χ4v) is 5.71. The third-order valence-corrected chi connectivity index (χ3v) is 11.4. The highest BCUT2D eigenvalue weighted by Gasteiger charge is 2.55. The molecule has 5 heteroatoms. The zero-order chi connectivity index (χ0) is 20.5. The summed E-state index contributed by atoms with van der Waals surface area (Å²) in [5, 5.41) is 10.3. The highest BCUT2D eigenvalue weighted by Crippen LogP contribution is 2.54. The van der Waals surface area contributed by atoms with E-state index < -0.39 is 13.7 Å². The molecule has 2 aliphatic carbocycles. The quantitative estimate of drug-likeness (QED) is 0.329. The zero-order valence-electron chi connectivity index (χ0n) is 18.2. The van der Waals surface area contributed by atoms with Crippen LogP contribution in [0, 0.1) is 22.7 Å². The molecule has 2 rings (SSSR count). The third-order valence-electron chi connectivity index (χ3n) is 6.94. The molecule has 1 fully saturated rings. The van der Waals surface area contributed by atoms with E-state index in [2.05, 4.69) is 52.9 Å². The third kappa shape index (κ3) is 4.49. The van der Waals surface area contributed by atoms with Gasteiger partial charge in [0.25, 0.3) is 0 Å². The first-order valence-corrected chi connectivity index (χ1v) is 13.3. The summed E-state index contributed by atoms with van der Waals surface area (Å²) < 4.78 is 12.3. The van der Waals surface area contributed by atoms with E-state index in [1.54, 1.807) is 0 Å². The van der Waals surface area contributed by atoms with Crippen molar-refractivity contribution in [3.63, 3.8) is 0 Å². The maximum absolute atomic E-state index is 11.5. The van der Waals surface area contributed by atoms with E-state index in [-0.39, 0.29) is 29.1 Å². The van der Waals surface area contributed by atoms with Crippen LogP contribution in [0.4, 0.5) is 0 Å². The van der Waals surface area contributed by atoms with Crippen LogP contribution in [0.5, 0.6) is 0 Å². The van der Waals surface area contributed by atoms with Crippen molar-refractivity contribution in [1.29, 1.82) is 5.26 Å². The number of nitriles is 1. The molecule has 4 atom stereocenters. The van der Waals surface area contributed by atoms with E-state index >= 15 is 0 Å². The first-order valence-electron chi connectivity index (χ1n) is 10.4. The van der Waals surface area contributed by atoms with Gasteiger partial charge in [-0.2, -0.15) is 5.26 Å². The smallest absolute Gasteiger partial charge is 0.303 e. The van der Waals surface area contributed by atoms with E-state index in [4.69, 9.17) is 9.16 Å². The highest BCUT2D eigenvalue weighted by atomic mass is 28.4. The van der Waals surface area contributed by atoms with Gasteiger partial charge in [-0.05, 0) is 61.7 Å². The van der Waals surface area contributed by atoms with Crippen LogP contribution < -0.4 is 0 Å². The molecule has 1 saturated carbocycles. The van der Waals surface area contributed by atoms with E-state index in [0.29, 0.717) is 0 Å². The number of carbonyl (C=O) groups is 1. The zero-order valence-corrected chi connectivity index (χ0v) is 19.2. The van der Waals surface area contributed by atoms with Crippen LogP contribution in [-0.4, -0.2) is 26.5 Å². The molecule has 0 bridgehead atoms. The SMILES string of the molecule is CCCC(OC(C)=O)C1=C[C@H]2CC[C@@H](O[Si](C)(C)C(C)(C)C)[C@@]2(C#N)CC1. The van der Waals surface area contributed by atoms with Crippen molar-refractivity contribution in [2.75, 3.05) is 0 Å². The number of nitrogens with zero attached hydrogens (tertiary/aromatic N) is 1. The molecule has 0 amide bonds. The number of ether oxygens (including phenoxy) is 1. The molecule has 27 heavy (non-hydrogen) atoms. The van der Waals surface area contributed by atoms with Crippen LogP contribution in [0.25, 0.3) is 0 Å². The van der Waals surface area contributed by atoms with Gasteiger partial charge in [0.1, 0.15) is 6.10 Å². The monoisotopic (exact) mass is 391 g/mol. The number of hydrogen-bond acceptors (Lipinski definition) is 4. The summed E-state index contributed by atoms with van der Waals surface area (Å²) in [4.78, 5) is 11.5.